The summed E-state index contributed by atoms with van der Waals surface area (Å²) in [4.78, 5) is 2.13. The van der Waals surface area contributed by atoms with Gasteiger partial charge in [-0.1, -0.05) is 26.0 Å². The van der Waals surface area contributed by atoms with Gasteiger partial charge in [0.25, 0.3) is 0 Å². The van der Waals surface area contributed by atoms with Gasteiger partial charge in [-0.25, -0.2) is 0 Å². The molecule has 0 aromatic heterocycles. The zero-order valence-corrected chi connectivity index (χ0v) is 11.8. The van der Waals surface area contributed by atoms with Gasteiger partial charge in [-0.2, -0.15) is 0 Å². The van der Waals surface area contributed by atoms with E-state index >= 15 is 0 Å². The molecular weight excluding hydrogens is 208 g/mol. The molecular formula is C15H26N2. The molecule has 1 rings (SSSR count). The molecule has 0 aliphatic rings. The van der Waals surface area contributed by atoms with E-state index in [4.69, 9.17) is 0 Å². The molecule has 1 N–H and O–H groups in total. The van der Waals surface area contributed by atoms with Crippen molar-refractivity contribution in [3.63, 3.8) is 0 Å². The highest BCUT2D eigenvalue weighted by Gasteiger charge is 2.04. The molecule has 0 aliphatic carbocycles. The first-order valence-corrected chi connectivity index (χ1v) is 6.51. The molecule has 0 saturated heterocycles. The maximum absolute atomic E-state index is 3.53. The lowest BCUT2D eigenvalue weighted by atomic mass is 10.1. The Kier molecular flexibility index (Phi) is 5.49. The van der Waals surface area contributed by atoms with Crippen LogP contribution in [0, 0.1) is 0 Å². The van der Waals surface area contributed by atoms with Crippen LogP contribution in [0.15, 0.2) is 24.3 Å². The largest absolute Gasteiger partial charge is 0.378 e. The second-order valence-electron chi connectivity index (χ2n) is 5.32. The summed E-state index contributed by atoms with van der Waals surface area (Å²) >= 11 is 0. The van der Waals surface area contributed by atoms with Crippen LogP contribution in [0.1, 0.15) is 32.8 Å². The Hall–Kier alpha value is -1.02. The summed E-state index contributed by atoms with van der Waals surface area (Å²) in [6, 6.07) is 10.0. The SMILES string of the molecule is CC(C)NC(C)CCc1ccc(N(C)C)cc1. The Morgan fingerprint density at radius 1 is 1.06 bits per heavy atom. The lowest BCUT2D eigenvalue weighted by Gasteiger charge is -2.17. The minimum Gasteiger partial charge on any atom is -0.378 e. The van der Waals surface area contributed by atoms with E-state index in [2.05, 4.69) is 69.3 Å². The number of hydrogen-bond acceptors (Lipinski definition) is 2. The molecule has 1 unspecified atom stereocenters. The van der Waals surface area contributed by atoms with Gasteiger partial charge >= 0.3 is 0 Å². The molecule has 0 fully saturated rings. The predicted molar refractivity (Wildman–Crippen MR) is 76.8 cm³/mol. The van der Waals surface area contributed by atoms with Crippen molar-refractivity contribution in [2.24, 2.45) is 0 Å². The van der Waals surface area contributed by atoms with Gasteiger partial charge in [-0.3, -0.25) is 0 Å². The highest BCUT2D eigenvalue weighted by molar-refractivity contribution is 5.45. The van der Waals surface area contributed by atoms with Gasteiger partial charge in [0.05, 0.1) is 0 Å². The lowest BCUT2D eigenvalue weighted by Crippen LogP contribution is -2.32. The molecule has 0 saturated carbocycles. The molecule has 1 aromatic rings. The van der Waals surface area contributed by atoms with E-state index in [1.54, 1.807) is 0 Å². The Bertz CT molecular complexity index is 314. The van der Waals surface area contributed by atoms with Crippen LogP contribution in [-0.4, -0.2) is 26.2 Å². The normalized spacial score (nSPS) is 12.8. The molecule has 0 spiro atoms. The molecule has 1 atom stereocenters. The number of rotatable bonds is 6. The van der Waals surface area contributed by atoms with Gasteiger partial charge in [0.1, 0.15) is 0 Å². The summed E-state index contributed by atoms with van der Waals surface area (Å²) in [6.07, 6.45) is 2.34. The van der Waals surface area contributed by atoms with E-state index in [1.165, 1.54) is 17.7 Å². The van der Waals surface area contributed by atoms with Gasteiger partial charge in [0.2, 0.25) is 0 Å². The topological polar surface area (TPSA) is 15.3 Å². The van der Waals surface area contributed by atoms with Crippen LogP contribution in [0.4, 0.5) is 5.69 Å². The third kappa shape index (κ3) is 5.22. The van der Waals surface area contributed by atoms with E-state index in [0.717, 1.165) is 6.42 Å². The van der Waals surface area contributed by atoms with Crippen molar-refractivity contribution in [1.29, 1.82) is 0 Å². The third-order valence-electron chi connectivity index (χ3n) is 2.94. The lowest BCUT2D eigenvalue weighted by molar-refractivity contribution is 0.466. The molecule has 0 amide bonds. The fourth-order valence-electron chi connectivity index (χ4n) is 2.00. The molecule has 2 nitrogen and oxygen atoms in total. The van der Waals surface area contributed by atoms with E-state index in [-0.39, 0.29) is 0 Å². The van der Waals surface area contributed by atoms with Gasteiger partial charge in [-0.15, -0.1) is 0 Å². The summed E-state index contributed by atoms with van der Waals surface area (Å²) in [5, 5.41) is 3.53. The van der Waals surface area contributed by atoms with Crippen LogP contribution in [0.3, 0.4) is 0 Å². The minimum atomic E-state index is 0.570. The standard InChI is InChI=1S/C15H26N2/c1-12(2)16-13(3)6-7-14-8-10-15(11-9-14)17(4)5/h8-13,16H,6-7H2,1-5H3. The third-order valence-corrected chi connectivity index (χ3v) is 2.94. The van der Waals surface area contributed by atoms with E-state index in [9.17, 15) is 0 Å². The zero-order chi connectivity index (χ0) is 12.8. The maximum Gasteiger partial charge on any atom is 0.0361 e. The second-order valence-corrected chi connectivity index (χ2v) is 5.32. The van der Waals surface area contributed by atoms with Crippen LogP contribution in [0.2, 0.25) is 0 Å². The van der Waals surface area contributed by atoms with E-state index in [1.807, 2.05) is 0 Å². The van der Waals surface area contributed by atoms with Gasteiger partial charge in [0.15, 0.2) is 0 Å². The van der Waals surface area contributed by atoms with Crippen LogP contribution >= 0.6 is 0 Å². The van der Waals surface area contributed by atoms with Crippen molar-refractivity contribution < 1.29 is 0 Å². The molecule has 96 valence electrons. The smallest absolute Gasteiger partial charge is 0.0361 e. The number of aryl methyl sites for hydroxylation is 1. The number of hydrogen-bond donors (Lipinski definition) is 1. The molecule has 0 heterocycles. The number of benzene rings is 1. The predicted octanol–water partition coefficient (Wildman–Crippen LogP) is 3.07. The summed E-state index contributed by atoms with van der Waals surface area (Å²) in [5.41, 5.74) is 2.69. The Balaban J connectivity index is 2.42. The molecule has 0 bridgehead atoms. The molecule has 17 heavy (non-hydrogen) atoms. The van der Waals surface area contributed by atoms with Crippen molar-refractivity contribution >= 4 is 5.69 Å². The van der Waals surface area contributed by atoms with E-state index < -0.39 is 0 Å². The highest BCUT2D eigenvalue weighted by Crippen LogP contribution is 2.13. The maximum atomic E-state index is 3.53. The van der Waals surface area contributed by atoms with Gasteiger partial charge in [-0.05, 0) is 37.5 Å². The zero-order valence-electron chi connectivity index (χ0n) is 11.8. The first-order valence-electron chi connectivity index (χ1n) is 6.51. The van der Waals surface area contributed by atoms with Crippen LogP contribution in [0.25, 0.3) is 0 Å². The Morgan fingerprint density at radius 2 is 1.65 bits per heavy atom. The first-order chi connectivity index (χ1) is 7.99. The van der Waals surface area contributed by atoms with Crippen molar-refractivity contribution in [2.75, 3.05) is 19.0 Å². The average molecular weight is 234 g/mol. The van der Waals surface area contributed by atoms with E-state index in [0.29, 0.717) is 12.1 Å². The summed E-state index contributed by atoms with van der Waals surface area (Å²) < 4.78 is 0. The fraction of sp³-hybridized carbons (Fsp3) is 0.600. The minimum absolute atomic E-state index is 0.570. The summed E-state index contributed by atoms with van der Waals surface area (Å²) in [7, 11) is 4.15. The number of nitrogens with one attached hydrogen (secondary N) is 1. The summed E-state index contributed by atoms with van der Waals surface area (Å²) in [5.74, 6) is 0. The second kappa shape index (κ2) is 6.65. The van der Waals surface area contributed by atoms with Crippen molar-refractivity contribution in [2.45, 2.75) is 45.7 Å². The van der Waals surface area contributed by atoms with Crippen molar-refractivity contribution in [1.82, 2.24) is 5.32 Å². The molecule has 0 aliphatic heterocycles. The van der Waals surface area contributed by atoms with Crippen molar-refractivity contribution in [3.05, 3.63) is 29.8 Å². The highest BCUT2D eigenvalue weighted by atomic mass is 15.1. The number of nitrogens with zero attached hydrogens (tertiary/aromatic N) is 1. The fourth-order valence-corrected chi connectivity index (χ4v) is 2.00. The molecule has 0 radical (unpaired) electrons. The number of anilines is 1. The van der Waals surface area contributed by atoms with Crippen LogP contribution in [-0.2, 0) is 6.42 Å². The van der Waals surface area contributed by atoms with Gasteiger partial charge in [0, 0.05) is 31.9 Å². The average Bonchev–Trinajstić information content (AvgIpc) is 2.26. The Morgan fingerprint density at radius 3 is 2.12 bits per heavy atom. The quantitative estimate of drug-likeness (QED) is 0.814. The van der Waals surface area contributed by atoms with Gasteiger partial charge < -0.3 is 10.2 Å². The molecule has 2 heteroatoms. The van der Waals surface area contributed by atoms with Crippen LogP contribution in [0.5, 0.6) is 0 Å². The molecule has 1 aromatic carbocycles. The summed E-state index contributed by atoms with van der Waals surface area (Å²) in [6.45, 7) is 6.65. The first kappa shape index (κ1) is 14.0. The van der Waals surface area contributed by atoms with Crippen molar-refractivity contribution in [3.8, 4) is 0 Å². The monoisotopic (exact) mass is 234 g/mol. The van der Waals surface area contributed by atoms with Crippen LogP contribution < -0.4 is 10.2 Å². The Labute approximate surface area is 106 Å².